The second-order valence-electron chi connectivity index (χ2n) is 6.61. The number of benzene rings is 2. The van der Waals surface area contributed by atoms with E-state index in [4.69, 9.17) is 0 Å². The summed E-state index contributed by atoms with van der Waals surface area (Å²) in [4.78, 5) is 11.9. The minimum absolute atomic E-state index is 0.00152. The van der Waals surface area contributed by atoms with Gasteiger partial charge in [0.15, 0.2) is 0 Å². The maximum atomic E-state index is 11.9. The maximum Gasteiger partial charge on any atom is 0.220 e. The monoisotopic (exact) mass is 374 g/mol. The molecule has 0 aliphatic rings. The maximum absolute atomic E-state index is 11.9. The number of hydrogen-bond acceptors (Lipinski definition) is 3. The van der Waals surface area contributed by atoms with Gasteiger partial charge in [0.2, 0.25) is 15.9 Å². The fourth-order valence-corrected chi connectivity index (χ4v) is 4.00. The van der Waals surface area contributed by atoms with E-state index in [0.717, 1.165) is 16.7 Å². The molecule has 2 aromatic rings. The molecule has 140 valence electrons. The lowest BCUT2D eigenvalue weighted by molar-refractivity contribution is -0.121. The van der Waals surface area contributed by atoms with Crippen LogP contribution < -0.4 is 10.0 Å². The van der Waals surface area contributed by atoms with Crippen molar-refractivity contribution in [3.05, 3.63) is 71.3 Å². The molecule has 0 atom stereocenters. The first kappa shape index (κ1) is 20.1. The van der Waals surface area contributed by atoms with Crippen LogP contribution in [0.5, 0.6) is 0 Å². The topological polar surface area (TPSA) is 75.3 Å². The molecule has 0 aliphatic carbocycles. The summed E-state index contributed by atoms with van der Waals surface area (Å²) >= 11 is 0. The Bertz CT molecular complexity index is 801. The Labute approximate surface area is 155 Å². The number of amides is 1. The normalized spacial score (nSPS) is 11.5. The van der Waals surface area contributed by atoms with Gasteiger partial charge >= 0.3 is 0 Å². The zero-order valence-electron chi connectivity index (χ0n) is 15.2. The van der Waals surface area contributed by atoms with Gasteiger partial charge in [-0.1, -0.05) is 54.6 Å². The third kappa shape index (κ3) is 7.37. The molecule has 0 fully saturated rings. The molecule has 2 aromatic carbocycles. The van der Waals surface area contributed by atoms with E-state index >= 15 is 0 Å². The third-order valence-electron chi connectivity index (χ3n) is 3.77. The van der Waals surface area contributed by atoms with E-state index in [9.17, 15) is 13.2 Å². The number of aryl methyl sites for hydroxylation is 1. The van der Waals surface area contributed by atoms with Crippen molar-refractivity contribution in [2.45, 2.75) is 45.0 Å². The van der Waals surface area contributed by atoms with Gasteiger partial charge in [-0.25, -0.2) is 13.1 Å². The van der Waals surface area contributed by atoms with Crippen LogP contribution in [-0.4, -0.2) is 20.4 Å². The van der Waals surface area contributed by atoms with E-state index in [1.807, 2.05) is 42.5 Å². The lowest BCUT2D eigenvalue weighted by Gasteiger charge is -2.10. The molecule has 0 saturated heterocycles. The predicted molar refractivity (Wildman–Crippen MR) is 104 cm³/mol. The molecular weight excluding hydrogens is 348 g/mol. The van der Waals surface area contributed by atoms with Crippen LogP contribution in [0.3, 0.4) is 0 Å². The van der Waals surface area contributed by atoms with Crippen molar-refractivity contribution in [3.8, 4) is 0 Å². The number of nitrogens with one attached hydrogen (secondary N) is 2. The molecule has 0 radical (unpaired) electrons. The van der Waals surface area contributed by atoms with Gasteiger partial charge in [-0.2, -0.15) is 0 Å². The Morgan fingerprint density at radius 3 is 2.15 bits per heavy atom. The number of rotatable bonds is 9. The predicted octanol–water partition coefficient (Wildman–Crippen LogP) is 2.76. The first-order chi connectivity index (χ1) is 12.3. The molecule has 0 bridgehead atoms. The van der Waals surface area contributed by atoms with Gasteiger partial charge in [0.05, 0.1) is 5.75 Å². The average molecular weight is 375 g/mol. The fraction of sp³-hybridized carbons (Fsp3) is 0.350. The molecule has 2 N–H and O–H groups in total. The zero-order chi connectivity index (χ0) is 19.0. The van der Waals surface area contributed by atoms with Gasteiger partial charge in [-0.3, -0.25) is 4.79 Å². The minimum atomic E-state index is -3.33. The van der Waals surface area contributed by atoms with Crippen molar-refractivity contribution >= 4 is 15.9 Å². The van der Waals surface area contributed by atoms with Crippen LogP contribution in [0.25, 0.3) is 0 Å². The zero-order valence-corrected chi connectivity index (χ0v) is 16.1. The van der Waals surface area contributed by atoms with E-state index < -0.39 is 10.0 Å². The number of carbonyl (C=O) groups excluding carboxylic acids is 1. The van der Waals surface area contributed by atoms with Crippen LogP contribution >= 0.6 is 0 Å². The minimum Gasteiger partial charge on any atom is -0.352 e. The van der Waals surface area contributed by atoms with Gasteiger partial charge in [0, 0.05) is 19.0 Å². The summed E-state index contributed by atoms with van der Waals surface area (Å²) in [5.41, 5.74) is 2.80. The number of sulfonamides is 1. The quantitative estimate of drug-likeness (QED) is 0.709. The SMILES string of the molecule is CC(C)NS(=O)(=O)Cc1ccc(CNC(=O)CCc2ccccc2)cc1. The molecule has 0 unspecified atom stereocenters. The van der Waals surface area contributed by atoms with E-state index in [1.165, 1.54) is 0 Å². The smallest absolute Gasteiger partial charge is 0.220 e. The van der Waals surface area contributed by atoms with Gasteiger partial charge < -0.3 is 5.32 Å². The Morgan fingerprint density at radius 2 is 1.54 bits per heavy atom. The lowest BCUT2D eigenvalue weighted by atomic mass is 10.1. The molecule has 0 aliphatic heterocycles. The van der Waals surface area contributed by atoms with Crippen molar-refractivity contribution < 1.29 is 13.2 Å². The fourth-order valence-electron chi connectivity index (χ4n) is 2.57. The molecule has 0 aromatic heterocycles. The molecule has 0 heterocycles. The van der Waals surface area contributed by atoms with Crippen molar-refractivity contribution in [2.24, 2.45) is 0 Å². The largest absolute Gasteiger partial charge is 0.352 e. The van der Waals surface area contributed by atoms with Gasteiger partial charge in [0.1, 0.15) is 0 Å². The summed E-state index contributed by atoms with van der Waals surface area (Å²) in [6.07, 6.45) is 1.16. The van der Waals surface area contributed by atoms with Gasteiger partial charge in [-0.15, -0.1) is 0 Å². The second kappa shape index (κ2) is 9.50. The van der Waals surface area contributed by atoms with Crippen molar-refractivity contribution in [3.63, 3.8) is 0 Å². The first-order valence-electron chi connectivity index (χ1n) is 8.72. The molecule has 6 heteroatoms. The van der Waals surface area contributed by atoms with E-state index in [-0.39, 0.29) is 17.7 Å². The van der Waals surface area contributed by atoms with Crippen molar-refractivity contribution in [1.82, 2.24) is 10.0 Å². The van der Waals surface area contributed by atoms with Crippen LogP contribution in [0.15, 0.2) is 54.6 Å². The van der Waals surface area contributed by atoms with Crippen LogP contribution in [0.4, 0.5) is 0 Å². The Balaban J connectivity index is 1.79. The first-order valence-corrected chi connectivity index (χ1v) is 10.4. The Kier molecular flexibility index (Phi) is 7.36. The highest BCUT2D eigenvalue weighted by atomic mass is 32.2. The standard InChI is InChI=1S/C20H26N2O3S/c1-16(2)22-26(24,25)15-19-10-8-18(9-11-19)14-21-20(23)13-12-17-6-4-3-5-7-17/h3-11,16,22H,12-15H2,1-2H3,(H,21,23). The molecule has 2 rings (SSSR count). The summed E-state index contributed by atoms with van der Waals surface area (Å²) in [5, 5.41) is 2.89. The van der Waals surface area contributed by atoms with Crippen LogP contribution in [0, 0.1) is 0 Å². The Morgan fingerprint density at radius 1 is 0.923 bits per heavy atom. The van der Waals surface area contributed by atoms with Crippen molar-refractivity contribution in [2.75, 3.05) is 0 Å². The highest BCUT2D eigenvalue weighted by molar-refractivity contribution is 7.88. The van der Waals surface area contributed by atoms with Crippen LogP contribution in [-0.2, 0) is 33.5 Å². The Hall–Kier alpha value is -2.18. The summed E-state index contributed by atoms with van der Waals surface area (Å²) < 4.78 is 26.4. The molecule has 1 amide bonds. The van der Waals surface area contributed by atoms with Crippen molar-refractivity contribution in [1.29, 1.82) is 0 Å². The highest BCUT2D eigenvalue weighted by Gasteiger charge is 2.12. The molecule has 0 spiro atoms. The molecular formula is C20H26N2O3S. The van der Waals surface area contributed by atoms with E-state index in [2.05, 4.69) is 10.0 Å². The van der Waals surface area contributed by atoms with Crippen LogP contribution in [0.2, 0.25) is 0 Å². The molecule has 0 saturated carbocycles. The van der Waals surface area contributed by atoms with E-state index in [0.29, 0.717) is 19.4 Å². The summed E-state index contributed by atoms with van der Waals surface area (Å²) in [5.74, 6) is -0.0452. The number of hydrogen-bond donors (Lipinski definition) is 2. The molecule has 5 nitrogen and oxygen atoms in total. The van der Waals surface area contributed by atoms with Gasteiger partial charge in [-0.05, 0) is 37.0 Å². The summed E-state index contributed by atoms with van der Waals surface area (Å²) in [6, 6.07) is 17.0. The summed E-state index contributed by atoms with van der Waals surface area (Å²) in [7, 11) is -3.33. The van der Waals surface area contributed by atoms with E-state index in [1.54, 1.807) is 26.0 Å². The summed E-state index contributed by atoms with van der Waals surface area (Å²) in [6.45, 7) is 4.02. The van der Waals surface area contributed by atoms with Crippen LogP contribution in [0.1, 0.15) is 37.0 Å². The second-order valence-corrected chi connectivity index (χ2v) is 8.36. The highest BCUT2D eigenvalue weighted by Crippen LogP contribution is 2.09. The third-order valence-corrected chi connectivity index (χ3v) is 5.31. The number of carbonyl (C=O) groups is 1. The molecule has 26 heavy (non-hydrogen) atoms. The lowest BCUT2D eigenvalue weighted by Crippen LogP contribution is -2.31. The average Bonchev–Trinajstić information content (AvgIpc) is 2.59. The van der Waals surface area contributed by atoms with Gasteiger partial charge in [0.25, 0.3) is 0 Å².